The Morgan fingerprint density at radius 2 is 0.786 bits per heavy atom. The van der Waals surface area contributed by atoms with Gasteiger partial charge in [-0.05, 0) is 0 Å². The van der Waals surface area contributed by atoms with Crippen molar-refractivity contribution in [1.82, 2.24) is 0 Å². The molecule has 0 spiro atoms. The van der Waals surface area contributed by atoms with E-state index in [4.69, 9.17) is 0 Å². The fraction of sp³-hybridized carbons (Fsp3) is 0. The maximum Gasteiger partial charge on any atom is 0 e. The standard InChI is InChI=1S/2C6H5.Ag.HI/c2*1-2-4-6-5-3-1;;/h2*1-5H;;1H/q2*-1;;. The minimum atomic E-state index is 0. The minimum Gasteiger partial charge on any atom is -0.184 e. The molecule has 0 bridgehead atoms. The van der Waals surface area contributed by atoms with Crippen molar-refractivity contribution in [3.05, 3.63) is 72.8 Å². The van der Waals surface area contributed by atoms with E-state index < -0.39 is 0 Å². The summed E-state index contributed by atoms with van der Waals surface area (Å²) in [5.74, 6) is 0. The fourth-order valence-corrected chi connectivity index (χ4v) is 0.684. The fourth-order valence-electron chi connectivity index (χ4n) is 0.684. The van der Waals surface area contributed by atoms with E-state index in [0.717, 1.165) is 0 Å². The van der Waals surface area contributed by atoms with E-state index >= 15 is 0 Å². The zero-order chi connectivity index (χ0) is 8.49. The molecule has 0 fully saturated rings. The second-order valence-electron chi connectivity index (χ2n) is 2.15. The van der Waals surface area contributed by atoms with Crippen LogP contribution in [0, 0.1) is 12.1 Å². The molecule has 14 heavy (non-hydrogen) atoms. The van der Waals surface area contributed by atoms with Crippen molar-refractivity contribution >= 4 is 24.0 Å². The van der Waals surface area contributed by atoms with Crippen molar-refractivity contribution in [2.45, 2.75) is 0 Å². The van der Waals surface area contributed by atoms with Gasteiger partial charge in [-0.15, -0.1) is 24.0 Å². The zero-order valence-electron chi connectivity index (χ0n) is 7.48. The molecule has 0 amide bonds. The largest absolute Gasteiger partial charge is 0.184 e. The van der Waals surface area contributed by atoms with Crippen molar-refractivity contribution in [3.8, 4) is 0 Å². The van der Waals surface area contributed by atoms with Crippen molar-refractivity contribution in [1.29, 1.82) is 0 Å². The third kappa shape index (κ3) is 9.99. The number of halogens is 1. The maximum absolute atomic E-state index is 2.89. The second-order valence-corrected chi connectivity index (χ2v) is 2.15. The van der Waals surface area contributed by atoms with Gasteiger partial charge in [-0.3, -0.25) is 0 Å². The van der Waals surface area contributed by atoms with Crippen LogP contribution in [0.1, 0.15) is 0 Å². The van der Waals surface area contributed by atoms with E-state index in [1.165, 1.54) is 0 Å². The van der Waals surface area contributed by atoms with Gasteiger partial charge in [-0.25, -0.2) is 0 Å². The average molecular weight is 390 g/mol. The molecule has 2 aromatic rings. The molecule has 0 atom stereocenters. The van der Waals surface area contributed by atoms with Gasteiger partial charge in [0, 0.05) is 22.4 Å². The molecule has 2 rings (SSSR count). The smallest absolute Gasteiger partial charge is 0 e. The van der Waals surface area contributed by atoms with Gasteiger partial charge >= 0.3 is 0 Å². The molecule has 0 aromatic heterocycles. The molecule has 0 unspecified atom stereocenters. The van der Waals surface area contributed by atoms with Gasteiger partial charge in [0.05, 0.1) is 0 Å². The molecule has 0 aliphatic heterocycles. The van der Waals surface area contributed by atoms with Crippen LogP contribution in [0.4, 0.5) is 0 Å². The van der Waals surface area contributed by atoms with E-state index in [2.05, 4.69) is 12.1 Å². The first-order valence-electron chi connectivity index (χ1n) is 3.82. The Hall–Kier alpha value is -0.0897. The Balaban J connectivity index is 0. The van der Waals surface area contributed by atoms with Crippen molar-refractivity contribution in [3.63, 3.8) is 0 Å². The normalized spacial score (nSPS) is 6.86. The van der Waals surface area contributed by atoms with Gasteiger partial charge in [-0.2, -0.15) is 72.8 Å². The molecule has 1 radical (unpaired) electrons. The summed E-state index contributed by atoms with van der Waals surface area (Å²) in [5, 5.41) is 0. The molecule has 2 aromatic carbocycles. The molecule has 0 N–H and O–H groups in total. The first kappa shape index (κ1) is 16.3. The van der Waals surface area contributed by atoms with Crippen molar-refractivity contribution < 1.29 is 22.4 Å². The van der Waals surface area contributed by atoms with Crippen LogP contribution in [-0.2, 0) is 22.4 Å². The molecular formula is C12H11AgI-2. The maximum atomic E-state index is 2.89. The molecule has 79 valence electrons. The van der Waals surface area contributed by atoms with Crippen LogP contribution in [0.3, 0.4) is 0 Å². The summed E-state index contributed by atoms with van der Waals surface area (Å²) in [6.45, 7) is 0. The predicted octanol–water partition coefficient (Wildman–Crippen LogP) is 3.59. The van der Waals surface area contributed by atoms with Gasteiger partial charge in [0.2, 0.25) is 0 Å². The quantitative estimate of drug-likeness (QED) is 0.367. The van der Waals surface area contributed by atoms with Crippen LogP contribution in [0.15, 0.2) is 60.7 Å². The summed E-state index contributed by atoms with van der Waals surface area (Å²) in [6.07, 6.45) is 0. The number of benzene rings is 2. The van der Waals surface area contributed by atoms with E-state index in [0.29, 0.717) is 0 Å². The third-order valence-corrected chi connectivity index (χ3v) is 1.21. The second kappa shape index (κ2) is 12.9. The molecule has 0 saturated heterocycles. The SMILES string of the molecule is I.[Ag].[c-]1ccccc1.[c-]1ccccc1. The van der Waals surface area contributed by atoms with Crippen LogP contribution in [-0.4, -0.2) is 0 Å². The van der Waals surface area contributed by atoms with Gasteiger partial charge in [0.1, 0.15) is 0 Å². The van der Waals surface area contributed by atoms with E-state index in [1.54, 1.807) is 0 Å². The molecular weight excluding hydrogens is 379 g/mol. The summed E-state index contributed by atoms with van der Waals surface area (Å²) in [7, 11) is 0. The Morgan fingerprint density at radius 3 is 0.857 bits per heavy atom. The number of hydrogen-bond donors (Lipinski definition) is 0. The topological polar surface area (TPSA) is 0 Å². The van der Waals surface area contributed by atoms with E-state index in [1.807, 2.05) is 60.7 Å². The number of rotatable bonds is 0. The van der Waals surface area contributed by atoms with Crippen LogP contribution >= 0.6 is 24.0 Å². The Bertz CT molecular complexity index is 186. The monoisotopic (exact) mass is 389 g/mol. The van der Waals surface area contributed by atoms with E-state index in [9.17, 15) is 0 Å². The average Bonchev–Trinajstić information content (AvgIpc) is 2.24. The minimum absolute atomic E-state index is 0. The predicted molar refractivity (Wildman–Crippen MR) is 66.0 cm³/mol. The Morgan fingerprint density at radius 1 is 0.500 bits per heavy atom. The van der Waals surface area contributed by atoms with Crippen LogP contribution < -0.4 is 0 Å². The Kier molecular flexibility index (Phi) is 15.1. The van der Waals surface area contributed by atoms with Gasteiger partial charge < -0.3 is 0 Å². The van der Waals surface area contributed by atoms with Gasteiger partial charge in [0.15, 0.2) is 0 Å². The molecule has 0 nitrogen and oxygen atoms in total. The van der Waals surface area contributed by atoms with Crippen LogP contribution in [0.5, 0.6) is 0 Å². The molecule has 2 heteroatoms. The summed E-state index contributed by atoms with van der Waals surface area (Å²) in [5.41, 5.74) is 0. The third-order valence-electron chi connectivity index (χ3n) is 1.21. The van der Waals surface area contributed by atoms with Crippen molar-refractivity contribution in [2.24, 2.45) is 0 Å². The van der Waals surface area contributed by atoms with Crippen LogP contribution in [0.25, 0.3) is 0 Å². The van der Waals surface area contributed by atoms with E-state index in [-0.39, 0.29) is 46.4 Å². The first-order valence-corrected chi connectivity index (χ1v) is 3.82. The summed E-state index contributed by atoms with van der Waals surface area (Å²) < 4.78 is 0. The molecule has 0 heterocycles. The van der Waals surface area contributed by atoms with Gasteiger partial charge in [0.25, 0.3) is 0 Å². The summed E-state index contributed by atoms with van der Waals surface area (Å²) >= 11 is 0. The first-order chi connectivity index (χ1) is 6.00. The zero-order valence-corrected chi connectivity index (χ0v) is 11.3. The van der Waals surface area contributed by atoms with Crippen LogP contribution in [0.2, 0.25) is 0 Å². The summed E-state index contributed by atoms with van der Waals surface area (Å²) in [6, 6.07) is 25.0. The Labute approximate surface area is 118 Å². The number of hydrogen-bond acceptors (Lipinski definition) is 0. The van der Waals surface area contributed by atoms with Crippen molar-refractivity contribution in [2.75, 3.05) is 0 Å². The molecule has 0 aliphatic rings. The summed E-state index contributed by atoms with van der Waals surface area (Å²) in [4.78, 5) is 0. The molecule has 0 aliphatic carbocycles. The van der Waals surface area contributed by atoms with Gasteiger partial charge in [-0.1, -0.05) is 0 Å². The molecule has 0 saturated carbocycles.